The van der Waals surface area contributed by atoms with E-state index in [1.54, 1.807) is 0 Å². The normalized spacial score (nSPS) is 11.7. The summed E-state index contributed by atoms with van der Waals surface area (Å²) in [7, 11) is 0. The van der Waals surface area contributed by atoms with E-state index in [1.165, 1.54) is 44.3 Å². The van der Waals surface area contributed by atoms with Gasteiger partial charge in [0.25, 0.3) is 0 Å². The predicted molar refractivity (Wildman–Crippen MR) is 305 cm³/mol. The highest BCUT2D eigenvalue weighted by Gasteiger charge is 2.33. The lowest BCUT2D eigenvalue weighted by Gasteiger charge is -2.26. The highest BCUT2D eigenvalue weighted by molar-refractivity contribution is 6.35. The minimum absolute atomic E-state index is 0.672. The molecule has 1 aliphatic rings. The van der Waals surface area contributed by atoms with E-state index in [2.05, 4.69) is 245 Å². The first-order valence-corrected chi connectivity index (χ1v) is 25.1. The maximum absolute atomic E-state index is 7.50. The third-order valence-corrected chi connectivity index (χ3v) is 14.8. The summed E-state index contributed by atoms with van der Waals surface area (Å²) in [4.78, 5) is 8.61. The number of aromatic nitrogens is 1. The number of nitrogens with one attached hydrogen (secondary N) is 1. The van der Waals surface area contributed by atoms with Crippen molar-refractivity contribution in [2.45, 2.75) is 6.42 Å². The van der Waals surface area contributed by atoms with Gasteiger partial charge >= 0.3 is 0 Å². The molecular weight excluding hydrogens is 918 g/mol. The third kappa shape index (κ3) is 7.45. The number of H-pyrrole nitrogens is 1. The molecule has 1 heterocycles. The van der Waals surface area contributed by atoms with Gasteiger partial charge < -0.3 is 14.8 Å². The van der Waals surface area contributed by atoms with Gasteiger partial charge in [-0.3, -0.25) is 0 Å². The summed E-state index contributed by atoms with van der Waals surface area (Å²) >= 11 is 15.0. The monoisotopic (exact) mass is 961 g/mol. The Morgan fingerprint density at radius 2 is 0.722 bits per heavy atom. The van der Waals surface area contributed by atoms with Crippen LogP contribution in [0.25, 0.3) is 77.4 Å². The first-order chi connectivity index (χ1) is 35.6. The number of para-hydroxylation sites is 5. The molecule has 342 valence electrons. The van der Waals surface area contributed by atoms with Crippen molar-refractivity contribution >= 4 is 79.1 Å². The van der Waals surface area contributed by atoms with Gasteiger partial charge in [-0.2, -0.15) is 0 Å². The molecule has 72 heavy (non-hydrogen) atoms. The molecule has 1 N–H and O–H groups in total. The van der Waals surface area contributed by atoms with Gasteiger partial charge in [0, 0.05) is 67.2 Å². The topological polar surface area (TPSA) is 22.3 Å². The van der Waals surface area contributed by atoms with Crippen LogP contribution in [0.1, 0.15) is 11.1 Å². The maximum Gasteiger partial charge on any atom is 0.0557 e. The lowest BCUT2D eigenvalue weighted by molar-refractivity contribution is 1.26. The SMILES string of the molecule is Clc1cc(N(c2ccccc2)c2ccccc2)ccc1-c1cccc2c1Cc1c-2c(-c2ccccc2)c2[nH]c3c(-c4ccc(N(c5ccccc5)c5ccccc5)cc4Cl)cccc3c2c1-c1ccccc1. The molecule has 0 amide bonds. The average Bonchev–Trinajstić information content (AvgIpc) is 4.02. The molecule has 11 aromatic carbocycles. The molecule has 0 unspecified atom stereocenters. The summed E-state index contributed by atoms with van der Waals surface area (Å²) in [6.07, 6.45) is 0.734. The summed E-state index contributed by atoms with van der Waals surface area (Å²) in [5.74, 6) is 0. The molecule has 0 fully saturated rings. The van der Waals surface area contributed by atoms with E-state index in [9.17, 15) is 0 Å². The Kier molecular flexibility index (Phi) is 11.0. The van der Waals surface area contributed by atoms with E-state index in [0.29, 0.717) is 10.0 Å². The summed E-state index contributed by atoms with van der Waals surface area (Å²) in [6, 6.07) is 89.9. The molecule has 0 radical (unpaired) electrons. The van der Waals surface area contributed by atoms with E-state index in [-0.39, 0.29) is 0 Å². The van der Waals surface area contributed by atoms with Crippen LogP contribution >= 0.6 is 23.2 Å². The van der Waals surface area contributed by atoms with Crippen molar-refractivity contribution in [1.29, 1.82) is 0 Å². The van der Waals surface area contributed by atoms with Crippen molar-refractivity contribution in [3.63, 3.8) is 0 Å². The highest BCUT2D eigenvalue weighted by atomic mass is 35.5. The number of anilines is 6. The number of aromatic amines is 1. The molecule has 0 saturated heterocycles. The largest absolute Gasteiger partial charge is 0.353 e. The predicted octanol–water partition coefficient (Wildman–Crippen LogP) is 19.8. The second-order valence-corrected chi connectivity index (χ2v) is 19.1. The van der Waals surface area contributed by atoms with Gasteiger partial charge in [0.2, 0.25) is 0 Å². The molecule has 0 spiro atoms. The molecule has 1 aromatic heterocycles. The van der Waals surface area contributed by atoms with Crippen LogP contribution in [-0.4, -0.2) is 4.98 Å². The summed E-state index contributed by atoms with van der Waals surface area (Å²) in [5.41, 5.74) is 22.3. The summed E-state index contributed by atoms with van der Waals surface area (Å²) < 4.78 is 0. The van der Waals surface area contributed by atoms with Crippen molar-refractivity contribution in [3.05, 3.63) is 276 Å². The van der Waals surface area contributed by atoms with Crippen molar-refractivity contribution in [3.8, 4) is 55.6 Å². The molecule has 0 atom stereocenters. The third-order valence-electron chi connectivity index (χ3n) is 14.2. The fourth-order valence-electron chi connectivity index (χ4n) is 11.1. The van der Waals surface area contributed by atoms with Gasteiger partial charge in [0.1, 0.15) is 0 Å². The van der Waals surface area contributed by atoms with Crippen LogP contribution in [0.3, 0.4) is 0 Å². The maximum atomic E-state index is 7.50. The van der Waals surface area contributed by atoms with Crippen LogP contribution in [-0.2, 0) is 6.42 Å². The molecular formula is C67H45Cl2N3. The van der Waals surface area contributed by atoms with Crippen molar-refractivity contribution < 1.29 is 0 Å². The fraction of sp³-hybridized carbons (Fsp3) is 0.0149. The molecule has 13 rings (SSSR count). The lowest BCUT2D eigenvalue weighted by Crippen LogP contribution is -2.09. The average molecular weight is 963 g/mol. The van der Waals surface area contributed by atoms with E-state index in [1.807, 2.05) is 24.3 Å². The summed E-state index contributed by atoms with van der Waals surface area (Å²) in [5, 5.41) is 3.71. The number of hydrogen-bond acceptors (Lipinski definition) is 2. The molecule has 0 aliphatic heterocycles. The molecule has 12 aromatic rings. The van der Waals surface area contributed by atoms with Gasteiger partial charge in [-0.25, -0.2) is 0 Å². The van der Waals surface area contributed by atoms with E-state index >= 15 is 0 Å². The number of nitrogens with zero attached hydrogens (tertiary/aromatic N) is 2. The Hall–Kier alpha value is -8.60. The van der Waals surface area contributed by atoms with Gasteiger partial charge in [-0.05, 0) is 124 Å². The highest BCUT2D eigenvalue weighted by Crippen LogP contribution is 2.56. The molecule has 0 saturated carbocycles. The Morgan fingerprint density at radius 1 is 0.306 bits per heavy atom. The van der Waals surface area contributed by atoms with Crippen molar-refractivity contribution in [2.75, 3.05) is 9.80 Å². The fourth-order valence-corrected chi connectivity index (χ4v) is 11.7. The van der Waals surface area contributed by atoms with Crippen LogP contribution in [0.4, 0.5) is 34.1 Å². The van der Waals surface area contributed by atoms with E-state index in [4.69, 9.17) is 23.2 Å². The quantitative estimate of drug-likeness (QED) is 0.148. The van der Waals surface area contributed by atoms with Gasteiger partial charge in [-0.15, -0.1) is 0 Å². The van der Waals surface area contributed by atoms with Crippen molar-refractivity contribution in [1.82, 2.24) is 4.98 Å². The summed E-state index contributed by atoms with van der Waals surface area (Å²) in [6.45, 7) is 0. The Balaban J connectivity index is 1.00. The van der Waals surface area contributed by atoms with Gasteiger partial charge in [-0.1, -0.05) is 205 Å². The van der Waals surface area contributed by atoms with Crippen LogP contribution in [0.2, 0.25) is 10.0 Å². The molecule has 3 nitrogen and oxygen atoms in total. The van der Waals surface area contributed by atoms with Crippen LogP contribution in [0.15, 0.2) is 255 Å². The van der Waals surface area contributed by atoms with Gasteiger partial charge in [0.05, 0.1) is 21.1 Å². The Labute approximate surface area is 429 Å². The second-order valence-electron chi connectivity index (χ2n) is 18.3. The van der Waals surface area contributed by atoms with Crippen molar-refractivity contribution in [2.24, 2.45) is 0 Å². The number of benzene rings is 11. The molecule has 0 bridgehead atoms. The van der Waals surface area contributed by atoms with Gasteiger partial charge in [0.15, 0.2) is 0 Å². The number of hydrogen-bond donors (Lipinski definition) is 1. The Bertz CT molecular complexity index is 3870. The minimum Gasteiger partial charge on any atom is -0.353 e. The van der Waals surface area contributed by atoms with Crippen LogP contribution in [0.5, 0.6) is 0 Å². The number of rotatable bonds is 10. The second kappa shape index (κ2) is 18.3. The smallest absolute Gasteiger partial charge is 0.0557 e. The minimum atomic E-state index is 0.672. The van der Waals surface area contributed by atoms with Crippen LogP contribution < -0.4 is 9.80 Å². The first-order valence-electron chi connectivity index (χ1n) is 24.4. The zero-order valence-corrected chi connectivity index (χ0v) is 40.6. The zero-order chi connectivity index (χ0) is 48.1. The zero-order valence-electron chi connectivity index (χ0n) is 39.1. The standard InChI is InChI=1S/C67H45Cl2N3/c68-60-41-50(71(46-25-11-3-12-26-46)47-27-13-4-14-28-47)37-39-53(60)52-33-19-34-55-58(52)43-59-62(44-21-7-1-8-22-44)65-57-36-20-35-56(66(57)70-67(65)63(64(55)59)45-23-9-2-10-24-45)54-40-38-51(42-61(54)69)72(48-29-15-5-16-30-48)49-31-17-6-18-32-49/h1-42,70H,43H2. The molecule has 5 heteroatoms. The van der Waals surface area contributed by atoms with E-state index in [0.717, 1.165) is 84.8 Å². The first kappa shape index (κ1) is 43.4. The lowest BCUT2D eigenvalue weighted by atomic mass is 9.85. The van der Waals surface area contributed by atoms with E-state index < -0.39 is 0 Å². The Morgan fingerprint density at radius 3 is 1.21 bits per heavy atom. The molecule has 1 aliphatic carbocycles. The van der Waals surface area contributed by atoms with Crippen LogP contribution in [0, 0.1) is 0 Å². The number of fused-ring (bicyclic) bond motifs is 6. The number of halogens is 2.